The lowest BCUT2D eigenvalue weighted by molar-refractivity contribution is -0.123. The third-order valence-electron chi connectivity index (χ3n) is 4.64. The average Bonchev–Trinajstić information content (AvgIpc) is 2.65. The molecular formula is C21H27ClN2O3. The SMILES string of the molecule is Cc1cc(OC(C)c2ccccc2)ccc1NC(=O)[C@H]1NCCO[C@@H]1C.Cl. The summed E-state index contributed by atoms with van der Waals surface area (Å²) < 4.78 is 11.6. The fourth-order valence-electron chi connectivity index (χ4n) is 3.08. The van der Waals surface area contributed by atoms with Crippen LogP contribution in [0.2, 0.25) is 0 Å². The minimum Gasteiger partial charge on any atom is -0.486 e. The van der Waals surface area contributed by atoms with Gasteiger partial charge in [-0.2, -0.15) is 0 Å². The molecule has 0 aromatic heterocycles. The zero-order chi connectivity index (χ0) is 18.5. The minimum absolute atomic E-state index is 0. The van der Waals surface area contributed by atoms with Crippen LogP contribution in [0.25, 0.3) is 0 Å². The van der Waals surface area contributed by atoms with Gasteiger partial charge >= 0.3 is 0 Å². The fourth-order valence-corrected chi connectivity index (χ4v) is 3.08. The first-order valence-corrected chi connectivity index (χ1v) is 9.02. The highest BCUT2D eigenvalue weighted by Gasteiger charge is 2.28. The number of morpholine rings is 1. The summed E-state index contributed by atoms with van der Waals surface area (Å²) in [5, 5.41) is 6.19. The number of halogens is 1. The molecule has 0 bridgehead atoms. The molecule has 2 N–H and O–H groups in total. The van der Waals surface area contributed by atoms with Gasteiger partial charge in [-0.1, -0.05) is 30.3 Å². The van der Waals surface area contributed by atoms with E-state index in [4.69, 9.17) is 9.47 Å². The van der Waals surface area contributed by atoms with Crippen molar-refractivity contribution >= 4 is 24.0 Å². The molecule has 2 aromatic rings. The van der Waals surface area contributed by atoms with E-state index in [9.17, 15) is 4.79 Å². The number of hydrogen-bond acceptors (Lipinski definition) is 4. The lowest BCUT2D eigenvalue weighted by Crippen LogP contribution is -2.53. The highest BCUT2D eigenvalue weighted by atomic mass is 35.5. The van der Waals surface area contributed by atoms with Crippen molar-refractivity contribution in [2.75, 3.05) is 18.5 Å². The summed E-state index contributed by atoms with van der Waals surface area (Å²) in [5.41, 5.74) is 2.87. The van der Waals surface area contributed by atoms with Gasteiger partial charge < -0.3 is 20.1 Å². The van der Waals surface area contributed by atoms with Crippen molar-refractivity contribution in [2.24, 2.45) is 0 Å². The Kier molecular flexibility index (Phi) is 7.66. The van der Waals surface area contributed by atoms with Crippen molar-refractivity contribution in [2.45, 2.75) is 39.0 Å². The number of ether oxygens (including phenoxy) is 2. The summed E-state index contributed by atoms with van der Waals surface area (Å²) in [7, 11) is 0. The monoisotopic (exact) mass is 390 g/mol. The average molecular weight is 391 g/mol. The molecule has 2 aromatic carbocycles. The molecule has 3 atom stereocenters. The van der Waals surface area contributed by atoms with Crippen molar-refractivity contribution in [3.63, 3.8) is 0 Å². The summed E-state index contributed by atoms with van der Waals surface area (Å²) in [6.45, 7) is 7.21. The highest BCUT2D eigenvalue weighted by Crippen LogP contribution is 2.26. The topological polar surface area (TPSA) is 59.6 Å². The van der Waals surface area contributed by atoms with Crippen LogP contribution in [0.4, 0.5) is 5.69 Å². The van der Waals surface area contributed by atoms with Gasteiger partial charge in [0, 0.05) is 12.2 Å². The molecule has 6 heteroatoms. The van der Waals surface area contributed by atoms with Crippen LogP contribution >= 0.6 is 12.4 Å². The van der Waals surface area contributed by atoms with E-state index in [0.717, 1.165) is 22.6 Å². The standard InChI is InChI=1S/C21H26N2O3.ClH/c1-14-13-18(26-15(2)17-7-5-4-6-8-17)9-10-19(14)23-21(24)20-16(3)25-12-11-22-20;/h4-10,13,15-16,20,22H,11-12H2,1-3H3,(H,23,24);1H/t15?,16-,20+;/m1./s1. The lowest BCUT2D eigenvalue weighted by atomic mass is 10.1. The van der Waals surface area contributed by atoms with Gasteiger partial charge in [0.1, 0.15) is 17.9 Å². The minimum atomic E-state index is -0.336. The Hall–Kier alpha value is -2.08. The zero-order valence-corrected chi connectivity index (χ0v) is 16.7. The smallest absolute Gasteiger partial charge is 0.244 e. The maximum atomic E-state index is 12.5. The Morgan fingerprint density at radius 1 is 1.26 bits per heavy atom. The van der Waals surface area contributed by atoms with E-state index < -0.39 is 0 Å². The second-order valence-corrected chi connectivity index (χ2v) is 6.64. The second-order valence-electron chi connectivity index (χ2n) is 6.64. The van der Waals surface area contributed by atoms with Crippen molar-refractivity contribution < 1.29 is 14.3 Å². The van der Waals surface area contributed by atoms with E-state index in [-0.39, 0.29) is 36.6 Å². The molecule has 1 aliphatic rings. The van der Waals surface area contributed by atoms with E-state index in [0.29, 0.717) is 13.2 Å². The third-order valence-corrected chi connectivity index (χ3v) is 4.64. The van der Waals surface area contributed by atoms with Crippen molar-refractivity contribution in [1.82, 2.24) is 5.32 Å². The van der Waals surface area contributed by atoms with Crippen LogP contribution in [0, 0.1) is 6.92 Å². The number of carbonyl (C=O) groups excluding carboxylic acids is 1. The quantitative estimate of drug-likeness (QED) is 0.813. The maximum absolute atomic E-state index is 12.5. The van der Waals surface area contributed by atoms with E-state index in [2.05, 4.69) is 10.6 Å². The molecule has 0 radical (unpaired) electrons. The summed E-state index contributed by atoms with van der Waals surface area (Å²) >= 11 is 0. The Morgan fingerprint density at radius 2 is 2.00 bits per heavy atom. The van der Waals surface area contributed by atoms with Crippen molar-refractivity contribution in [3.05, 3.63) is 59.7 Å². The first-order valence-electron chi connectivity index (χ1n) is 9.02. The van der Waals surface area contributed by atoms with E-state index >= 15 is 0 Å². The van der Waals surface area contributed by atoms with Crippen LogP contribution < -0.4 is 15.4 Å². The highest BCUT2D eigenvalue weighted by molar-refractivity contribution is 5.96. The predicted octanol–water partition coefficient (Wildman–Crippen LogP) is 3.87. The largest absolute Gasteiger partial charge is 0.486 e. The molecule has 0 aliphatic carbocycles. The Morgan fingerprint density at radius 3 is 2.67 bits per heavy atom. The number of amides is 1. The molecule has 5 nitrogen and oxygen atoms in total. The Labute approximate surface area is 166 Å². The molecule has 146 valence electrons. The summed E-state index contributed by atoms with van der Waals surface area (Å²) in [5.74, 6) is 0.705. The summed E-state index contributed by atoms with van der Waals surface area (Å²) in [4.78, 5) is 12.5. The second kappa shape index (κ2) is 9.74. The van der Waals surface area contributed by atoms with Crippen LogP contribution in [0.1, 0.15) is 31.1 Å². The molecule has 0 spiro atoms. The molecule has 0 saturated carbocycles. The van der Waals surface area contributed by atoms with Gasteiger partial charge in [-0.25, -0.2) is 0 Å². The zero-order valence-electron chi connectivity index (χ0n) is 15.9. The molecule has 1 unspecified atom stereocenters. The van der Waals surface area contributed by atoms with Crippen molar-refractivity contribution in [3.8, 4) is 5.75 Å². The van der Waals surface area contributed by atoms with Gasteiger partial charge in [-0.05, 0) is 50.1 Å². The first-order chi connectivity index (χ1) is 12.5. The fraction of sp³-hybridized carbons (Fsp3) is 0.381. The van der Waals surface area contributed by atoms with E-state index in [1.54, 1.807) is 0 Å². The maximum Gasteiger partial charge on any atom is 0.244 e. The van der Waals surface area contributed by atoms with Gasteiger partial charge in [0.25, 0.3) is 0 Å². The molecular weight excluding hydrogens is 364 g/mol. The lowest BCUT2D eigenvalue weighted by Gasteiger charge is -2.29. The van der Waals surface area contributed by atoms with Crippen LogP contribution in [-0.2, 0) is 9.53 Å². The van der Waals surface area contributed by atoms with Crippen LogP contribution in [-0.4, -0.2) is 31.2 Å². The number of nitrogens with one attached hydrogen (secondary N) is 2. The number of rotatable bonds is 5. The summed E-state index contributed by atoms with van der Waals surface area (Å²) in [6.07, 6.45) is -0.182. The Balaban J connectivity index is 0.00000261. The molecule has 1 fully saturated rings. The van der Waals surface area contributed by atoms with Crippen LogP contribution in [0.3, 0.4) is 0 Å². The van der Waals surface area contributed by atoms with E-state index in [1.807, 2.05) is 69.3 Å². The molecule has 27 heavy (non-hydrogen) atoms. The predicted molar refractivity (Wildman–Crippen MR) is 110 cm³/mol. The molecule has 1 amide bonds. The number of benzene rings is 2. The van der Waals surface area contributed by atoms with Crippen LogP contribution in [0.15, 0.2) is 48.5 Å². The van der Waals surface area contributed by atoms with Gasteiger partial charge in [-0.15, -0.1) is 12.4 Å². The number of aryl methyl sites for hydroxylation is 1. The Bertz CT molecular complexity index is 754. The van der Waals surface area contributed by atoms with Gasteiger partial charge in [-0.3, -0.25) is 4.79 Å². The normalized spacial score (nSPS) is 20.3. The molecule has 1 saturated heterocycles. The molecule has 1 heterocycles. The summed E-state index contributed by atoms with van der Waals surface area (Å²) in [6, 6.07) is 15.5. The van der Waals surface area contributed by atoms with Crippen molar-refractivity contribution in [1.29, 1.82) is 0 Å². The van der Waals surface area contributed by atoms with Gasteiger partial charge in [0.15, 0.2) is 0 Å². The third kappa shape index (κ3) is 5.45. The van der Waals surface area contributed by atoms with E-state index in [1.165, 1.54) is 0 Å². The number of hydrogen-bond donors (Lipinski definition) is 2. The number of anilines is 1. The van der Waals surface area contributed by atoms with Gasteiger partial charge in [0.05, 0.1) is 12.7 Å². The van der Waals surface area contributed by atoms with Crippen LogP contribution in [0.5, 0.6) is 5.75 Å². The first kappa shape index (κ1) is 21.2. The van der Waals surface area contributed by atoms with Gasteiger partial charge in [0.2, 0.25) is 5.91 Å². The molecule has 3 rings (SSSR count). The number of carbonyl (C=O) groups is 1. The molecule has 1 aliphatic heterocycles.